The molecule has 16 heavy (non-hydrogen) atoms. The zero-order valence-electron chi connectivity index (χ0n) is 9.18. The SMILES string of the molecule is CC(=O)c1c(C)n(-c2ccccc2)c[n+]1[O-]. The van der Waals surface area contributed by atoms with E-state index in [1.807, 2.05) is 30.3 Å². The van der Waals surface area contributed by atoms with Crippen molar-refractivity contribution in [2.75, 3.05) is 0 Å². The molecule has 1 aromatic carbocycles. The number of aromatic nitrogens is 2. The Labute approximate surface area is 93.3 Å². The van der Waals surface area contributed by atoms with Crippen LogP contribution in [0.5, 0.6) is 0 Å². The molecule has 0 amide bonds. The molecule has 0 unspecified atom stereocenters. The van der Waals surface area contributed by atoms with Crippen LogP contribution < -0.4 is 4.73 Å². The van der Waals surface area contributed by atoms with Gasteiger partial charge in [-0.15, -0.1) is 0 Å². The van der Waals surface area contributed by atoms with E-state index < -0.39 is 0 Å². The predicted molar refractivity (Wildman–Crippen MR) is 59.5 cm³/mol. The lowest BCUT2D eigenvalue weighted by atomic mass is 10.2. The standard InChI is InChI=1S/C12H12N2O2/c1-9-12(10(2)15)14(16)8-13(9)11-6-4-3-5-7-11/h3-8H,1-2H3. The van der Waals surface area contributed by atoms with E-state index in [1.165, 1.54) is 13.3 Å². The molecular weight excluding hydrogens is 204 g/mol. The third-order valence-electron chi connectivity index (χ3n) is 2.51. The molecule has 4 nitrogen and oxygen atoms in total. The molecule has 0 aliphatic rings. The van der Waals surface area contributed by atoms with E-state index in [-0.39, 0.29) is 11.5 Å². The molecule has 2 rings (SSSR count). The van der Waals surface area contributed by atoms with Crippen molar-refractivity contribution in [2.45, 2.75) is 13.8 Å². The summed E-state index contributed by atoms with van der Waals surface area (Å²) in [6.45, 7) is 3.16. The Morgan fingerprint density at radius 2 is 1.94 bits per heavy atom. The third-order valence-corrected chi connectivity index (χ3v) is 2.51. The Balaban J connectivity index is 2.61. The fraction of sp³-hybridized carbons (Fsp3) is 0.167. The van der Waals surface area contributed by atoms with Crippen LogP contribution in [0.2, 0.25) is 0 Å². The van der Waals surface area contributed by atoms with Crippen LogP contribution in [0.4, 0.5) is 0 Å². The summed E-state index contributed by atoms with van der Waals surface area (Å²) in [6, 6.07) is 9.45. The second kappa shape index (κ2) is 3.81. The molecule has 0 aliphatic heterocycles. The van der Waals surface area contributed by atoms with Gasteiger partial charge in [0.1, 0.15) is 5.69 Å². The van der Waals surface area contributed by atoms with Gasteiger partial charge in [-0.3, -0.25) is 4.79 Å². The molecular formula is C12H12N2O2. The zero-order valence-corrected chi connectivity index (χ0v) is 9.18. The van der Waals surface area contributed by atoms with Crippen LogP contribution in [0.1, 0.15) is 23.1 Å². The molecule has 0 aliphatic carbocycles. The number of carbonyl (C=O) groups excluding carboxylic acids is 1. The minimum absolute atomic E-state index is 0.198. The smallest absolute Gasteiger partial charge is 0.252 e. The van der Waals surface area contributed by atoms with Gasteiger partial charge in [0.25, 0.3) is 6.33 Å². The highest BCUT2D eigenvalue weighted by Crippen LogP contribution is 2.12. The molecule has 0 saturated heterocycles. The summed E-state index contributed by atoms with van der Waals surface area (Å²) in [5, 5.41) is 11.6. The minimum atomic E-state index is -0.220. The summed E-state index contributed by atoms with van der Waals surface area (Å²) in [5.74, 6) is -0.220. The zero-order chi connectivity index (χ0) is 11.7. The first kappa shape index (κ1) is 10.4. The van der Waals surface area contributed by atoms with Gasteiger partial charge in [0.05, 0.1) is 0 Å². The maximum atomic E-state index is 11.6. The van der Waals surface area contributed by atoms with E-state index in [9.17, 15) is 10.0 Å². The van der Waals surface area contributed by atoms with Gasteiger partial charge in [-0.1, -0.05) is 18.2 Å². The Hall–Kier alpha value is -2.10. The molecule has 82 valence electrons. The lowest BCUT2D eigenvalue weighted by Gasteiger charge is -1.97. The summed E-state index contributed by atoms with van der Waals surface area (Å²) in [6.07, 6.45) is 1.38. The number of imidazole rings is 1. The van der Waals surface area contributed by atoms with Crippen LogP contribution in [0.25, 0.3) is 5.69 Å². The highest BCUT2D eigenvalue weighted by atomic mass is 16.5. The molecule has 0 spiro atoms. The number of hydrogen-bond acceptors (Lipinski definition) is 2. The number of nitrogens with zero attached hydrogens (tertiary/aromatic N) is 2. The van der Waals surface area contributed by atoms with Crippen LogP contribution in [0.3, 0.4) is 0 Å². The van der Waals surface area contributed by atoms with E-state index >= 15 is 0 Å². The lowest BCUT2D eigenvalue weighted by Crippen LogP contribution is -2.30. The molecule has 1 heterocycles. The van der Waals surface area contributed by atoms with E-state index in [4.69, 9.17) is 0 Å². The first-order valence-corrected chi connectivity index (χ1v) is 4.98. The van der Waals surface area contributed by atoms with Crippen molar-refractivity contribution >= 4 is 5.78 Å². The highest BCUT2D eigenvalue weighted by Gasteiger charge is 2.20. The van der Waals surface area contributed by atoms with Crippen LogP contribution in [0.15, 0.2) is 36.7 Å². The Morgan fingerprint density at radius 1 is 1.31 bits per heavy atom. The Kier molecular flexibility index (Phi) is 2.48. The van der Waals surface area contributed by atoms with E-state index in [2.05, 4.69) is 0 Å². The monoisotopic (exact) mass is 216 g/mol. The average Bonchev–Trinajstić information content (AvgIpc) is 2.55. The summed E-state index contributed by atoms with van der Waals surface area (Å²) in [5.41, 5.74) is 1.73. The summed E-state index contributed by atoms with van der Waals surface area (Å²) in [7, 11) is 0. The van der Waals surface area contributed by atoms with Gasteiger partial charge in [0, 0.05) is 13.8 Å². The normalized spacial score (nSPS) is 10.4. The molecule has 0 atom stereocenters. The summed E-state index contributed by atoms with van der Waals surface area (Å²) >= 11 is 0. The van der Waals surface area contributed by atoms with Gasteiger partial charge in [0.2, 0.25) is 11.5 Å². The van der Waals surface area contributed by atoms with Crippen molar-refractivity contribution < 1.29 is 9.52 Å². The molecule has 0 N–H and O–H groups in total. The lowest BCUT2D eigenvalue weighted by molar-refractivity contribution is -0.606. The van der Waals surface area contributed by atoms with Gasteiger partial charge in [-0.2, -0.15) is 4.57 Å². The molecule has 0 radical (unpaired) electrons. The van der Waals surface area contributed by atoms with Crippen molar-refractivity contribution in [3.05, 3.63) is 53.3 Å². The van der Waals surface area contributed by atoms with E-state index in [0.29, 0.717) is 10.4 Å². The second-order valence-electron chi connectivity index (χ2n) is 3.64. The maximum Gasteiger partial charge on any atom is 0.252 e. The van der Waals surface area contributed by atoms with Crippen molar-refractivity contribution in [3.8, 4) is 5.69 Å². The van der Waals surface area contributed by atoms with Crippen LogP contribution in [0, 0.1) is 12.1 Å². The van der Waals surface area contributed by atoms with E-state index in [0.717, 1.165) is 5.69 Å². The number of rotatable bonds is 2. The quantitative estimate of drug-likeness (QED) is 0.435. The summed E-state index contributed by atoms with van der Waals surface area (Å²) < 4.78 is 2.33. The van der Waals surface area contributed by atoms with Crippen LogP contribution in [-0.2, 0) is 0 Å². The molecule has 2 aromatic rings. The number of hydrogen-bond donors (Lipinski definition) is 0. The van der Waals surface area contributed by atoms with Gasteiger partial charge in [-0.25, -0.2) is 4.73 Å². The topological polar surface area (TPSA) is 48.9 Å². The van der Waals surface area contributed by atoms with Crippen molar-refractivity contribution in [2.24, 2.45) is 0 Å². The Bertz CT molecular complexity index is 529. The first-order chi connectivity index (χ1) is 7.61. The largest absolute Gasteiger partial charge is 0.710 e. The maximum absolute atomic E-state index is 11.6. The number of Topliss-reactive ketones (excluding diaryl/α,β-unsaturated/α-hetero) is 1. The molecule has 4 heteroatoms. The molecule has 1 aromatic heterocycles. The third kappa shape index (κ3) is 1.58. The highest BCUT2D eigenvalue weighted by molar-refractivity contribution is 5.91. The molecule has 0 bridgehead atoms. The first-order valence-electron chi connectivity index (χ1n) is 4.98. The average molecular weight is 216 g/mol. The fourth-order valence-electron chi connectivity index (χ4n) is 1.78. The molecule has 0 fully saturated rings. The predicted octanol–water partition coefficient (Wildman–Crippen LogP) is 1.62. The van der Waals surface area contributed by atoms with Gasteiger partial charge in [-0.05, 0) is 12.1 Å². The number of para-hydroxylation sites is 1. The number of ketones is 1. The number of carbonyl (C=O) groups is 1. The Morgan fingerprint density at radius 3 is 2.44 bits per heavy atom. The van der Waals surface area contributed by atoms with E-state index in [1.54, 1.807) is 11.5 Å². The fourth-order valence-corrected chi connectivity index (χ4v) is 1.78. The van der Waals surface area contributed by atoms with Gasteiger partial charge < -0.3 is 5.21 Å². The van der Waals surface area contributed by atoms with Gasteiger partial charge in [0.15, 0.2) is 5.69 Å². The number of benzene rings is 1. The van der Waals surface area contributed by atoms with Crippen molar-refractivity contribution in [3.63, 3.8) is 0 Å². The van der Waals surface area contributed by atoms with Crippen LogP contribution in [-0.4, -0.2) is 10.4 Å². The minimum Gasteiger partial charge on any atom is -0.710 e. The van der Waals surface area contributed by atoms with Gasteiger partial charge >= 0.3 is 0 Å². The van der Waals surface area contributed by atoms with Crippen molar-refractivity contribution in [1.29, 1.82) is 0 Å². The van der Waals surface area contributed by atoms with Crippen LogP contribution >= 0.6 is 0 Å². The molecule has 0 saturated carbocycles. The summed E-state index contributed by atoms with van der Waals surface area (Å²) in [4.78, 5) is 11.3. The second-order valence-corrected chi connectivity index (χ2v) is 3.64. The van der Waals surface area contributed by atoms with Crippen molar-refractivity contribution in [1.82, 2.24) is 4.57 Å².